The SMILES string of the molecule is COC(=O)c1cc(Br)cc(NCc2cnc(Cl)s2)c1F. The van der Waals surface area contributed by atoms with E-state index in [4.69, 9.17) is 11.6 Å². The number of nitrogens with zero attached hydrogens (tertiary/aromatic N) is 1. The van der Waals surface area contributed by atoms with Gasteiger partial charge >= 0.3 is 5.97 Å². The molecule has 0 aliphatic carbocycles. The fourth-order valence-corrected chi connectivity index (χ4v) is 2.90. The minimum absolute atomic E-state index is 0.133. The number of nitrogens with one attached hydrogen (secondary N) is 1. The van der Waals surface area contributed by atoms with Gasteiger partial charge in [0.25, 0.3) is 0 Å². The second kappa shape index (κ2) is 6.51. The summed E-state index contributed by atoms with van der Waals surface area (Å²) >= 11 is 10.2. The number of halogens is 3. The van der Waals surface area contributed by atoms with Gasteiger partial charge in [-0.1, -0.05) is 27.5 Å². The Bertz CT molecular complexity index is 650. The van der Waals surface area contributed by atoms with Gasteiger partial charge < -0.3 is 10.1 Å². The molecule has 1 aromatic heterocycles. The summed E-state index contributed by atoms with van der Waals surface area (Å²) in [6, 6.07) is 2.92. The number of ether oxygens (including phenoxy) is 1. The van der Waals surface area contributed by atoms with E-state index in [2.05, 4.69) is 31.0 Å². The molecule has 0 radical (unpaired) electrons. The summed E-state index contributed by atoms with van der Waals surface area (Å²) in [6.45, 7) is 0.359. The van der Waals surface area contributed by atoms with E-state index < -0.39 is 11.8 Å². The lowest BCUT2D eigenvalue weighted by atomic mass is 10.2. The molecule has 0 fully saturated rings. The first-order chi connectivity index (χ1) is 9.51. The Morgan fingerprint density at radius 1 is 1.60 bits per heavy atom. The molecule has 1 heterocycles. The van der Waals surface area contributed by atoms with Gasteiger partial charge in [-0.15, -0.1) is 11.3 Å². The topological polar surface area (TPSA) is 51.2 Å². The zero-order chi connectivity index (χ0) is 14.7. The maximum absolute atomic E-state index is 14.2. The molecular formula is C12H9BrClFN2O2S. The number of esters is 1. The van der Waals surface area contributed by atoms with Crippen molar-refractivity contribution in [3.63, 3.8) is 0 Å². The minimum Gasteiger partial charge on any atom is -0.465 e. The van der Waals surface area contributed by atoms with Gasteiger partial charge in [-0.05, 0) is 12.1 Å². The Balaban J connectivity index is 2.23. The van der Waals surface area contributed by atoms with Crippen molar-refractivity contribution >= 4 is 50.5 Å². The van der Waals surface area contributed by atoms with Crippen molar-refractivity contribution in [3.8, 4) is 0 Å². The monoisotopic (exact) mass is 378 g/mol. The molecule has 1 N–H and O–H groups in total. The van der Waals surface area contributed by atoms with Crippen LogP contribution in [0.1, 0.15) is 15.2 Å². The standard InChI is InChI=1S/C12H9BrClFN2O2S/c1-19-11(18)8-2-6(13)3-9(10(8)15)16-4-7-5-17-12(14)20-7/h2-3,5,16H,4H2,1H3. The molecule has 2 aromatic rings. The van der Waals surface area contributed by atoms with E-state index in [0.29, 0.717) is 15.5 Å². The van der Waals surface area contributed by atoms with E-state index in [0.717, 1.165) is 4.88 Å². The lowest BCUT2D eigenvalue weighted by molar-refractivity contribution is 0.0595. The molecule has 0 atom stereocenters. The molecule has 1 aromatic carbocycles. The fourth-order valence-electron chi connectivity index (χ4n) is 1.52. The summed E-state index contributed by atoms with van der Waals surface area (Å²) in [5.74, 6) is -1.39. The van der Waals surface area contributed by atoms with Crippen LogP contribution in [0, 0.1) is 5.82 Å². The molecule has 0 saturated carbocycles. The van der Waals surface area contributed by atoms with E-state index in [1.165, 1.54) is 24.5 Å². The van der Waals surface area contributed by atoms with Gasteiger partial charge in [0.15, 0.2) is 10.3 Å². The smallest absolute Gasteiger partial charge is 0.340 e. The number of benzene rings is 1. The average molecular weight is 380 g/mol. The molecule has 20 heavy (non-hydrogen) atoms. The highest BCUT2D eigenvalue weighted by Gasteiger charge is 2.17. The average Bonchev–Trinajstić information content (AvgIpc) is 2.84. The number of aromatic nitrogens is 1. The predicted octanol–water partition coefficient (Wildman–Crippen LogP) is 4.10. The zero-order valence-corrected chi connectivity index (χ0v) is 13.4. The Hall–Kier alpha value is -1.18. The number of anilines is 1. The fraction of sp³-hybridized carbons (Fsp3) is 0.167. The normalized spacial score (nSPS) is 10.4. The molecule has 0 amide bonds. The van der Waals surface area contributed by atoms with Gasteiger partial charge in [0.05, 0.1) is 24.9 Å². The van der Waals surface area contributed by atoms with Crippen molar-refractivity contribution in [2.75, 3.05) is 12.4 Å². The third kappa shape index (κ3) is 3.47. The molecule has 106 valence electrons. The number of carbonyl (C=O) groups excluding carboxylic acids is 1. The molecule has 4 nitrogen and oxygen atoms in total. The highest BCUT2D eigenvalue weighted by atomic mass is 79.9. The van der Waals surface area contributed by atoms with Crippen LogP contribution < -0.4 is 5.32 Å². The maximum atomic E-state index is 14.2. The Kier molecular flexibility index (Phi) is 4.95. The predicted molar refractivity (Wildman–Crippen MR) is 79.9 cm³/mol. The Morgan fingerprint density at radius 2 is 2.35 bits per heavy atom. The van der Waals surface area contributed by atoms with Gasteiger partial charge in [0, 0.05) is 15.5 Å². The van der Waals surface area contributed by atoms with Crippen LogP contribution in [-0.2, 0) is 11.3 Å². The summed E-state index contributed by atoms with van der Waals surface area (Å²) in [5.41, 5.74) is 0.0657. The molecular weight excluding hydrogens is 371 g/mol. The molecule has 0 bridgehead atoms. The van der Waals surface area contributed by atoms with E-state index in [9.17, 15) is 9.18 Å². The first-order valence-electron chi connectivity index (χ1n) is 5.42. The third-order valence-electron chi connectivity index (χ3n) is 2.42. The van der Waals surface area contributed by atoms with Crippen molar-refractivity contribution in [2.24, 2.45) is 0 Å². The van der Waals surface area contributed by atoms with Crippen LogP contribution in [0.2, 0.25) is 4.47 Å². The molecule has 0 aliphatic heterocycles. The lowest BCUT2D eigenvalue weighted by Gasteiger charge is -2.10. The summed E-state index contributed by atoms with van der Waals surface area (Å²) < 4.78 is 19.7. The first-order valence-corrected chi connectivity index (χ1v) is 7.41. The second-order valence-electron chi connectivity index (χ2n) is 3.74. The highest BCUT2D eigenvalue weighted by molar-refractivity contribution is 9.10. The zero-order valence-electron chi connectivity index (χ0n) is 10.2. The number of hydrogen-bond acceptors (Lipinski definition) is 5. The molecule has 2 rings (SSSR count). The summed E-state index contributed by atoms with van der Waals surface area (Å²) in [5, 5.41) is 2.90. The summed E-state index contributed by atoms with van der Waals surface area (Å²) in [4.78, 5) is 16.2. The van der Waals surface area contributed by atoms with E-state index in [1.54, 1.807) is 12.3 Å². The molecule has 0 aliphatic rings. The molecule has 0 unspecified atom stereocenters. The first kappa shape index (κ1) is 15.2. The third-order valence-corrected chi connectivity index (χ3v) is 3.99. The molecule has 0 saturated heterocycles. The van der Waals surface area contributed by atoms with Crippen LogP contribution >= 0.6 is 38.9 Å². The van der Waals surface area contributed by atoms with Crippen molar-refractivity contribution in [1.82, 2.24) is 4.98 Å². The van der Waals surface area contributed by atoms with Gasteiger partial charge in [-0.25, -0.2) is 14.2 Å². The molecule has 0 spiro atoms. The van der Waals surface area contributed by atoms with Crippen molar-refractivity contribution in [2.45, 2.75) is 6.54 Å². The van der Waals surface area contributed by atoms with Gasteiger partial charge in [-0.2, -0.15) is 0 Å². The number of thiazole rings is 1. The maximum Gasteiger partial charge on any atom is 0.340 e. The highest BCUT2D eigenvalue weighted by Crippen LogP contribution is 2.26. The van der Waals surface area contributed by atoms with E-state index >= 15 is 0 Å². The van der Waals surface area contributed by atoms with Crippen molar-refractivity contribution in [1.29, 1.82) is 0 Å². The molecule has 8 heteroatoms. The number of hydrogen-bond donors (Lipinski definition) is 1. The van der Waals surface area contributed by atoms with E-state index in [1.807, 2.05) is 0 Å². The van der Waals surface area contributed by atoms with Crippen LogP contribution in [-0.4, -0.2) is 18.1 Å². The van der Waals surface area contributed by atoms with Crippen molar-refractivity contribution < 1.29 is 13.9 Å². The Morgan fingerprint density at radius 3 is 2.95 bits per heavy atom. The van der Waals surface area contributed by atoms with Crippen LogP contribution in [0.4, 0.5) is 10.1 Å². The van der Waals surface area contributed by atoms with Crippen LogP contribution in [0.15, 0.2) is 22.8 Å². The van der Waals surface area contributed by atoms with Gasteiger partial charge in [0.2, 0.25) is 0 Å². The number of methoxy groups -OCH3 is 1. The van der Waals surface area contributed by atoms with Crippen molar-refractivity contribution in [3.05, 3.63) is 43.5 Å². The lowest BCUT2D eigenvalue weighted by Crippen LogP contribution is -2.08. The van der Waals surface area contributed by atoms with E-state index in [-0.39, 0.29) is 11.3 Å². The van der Waals surface area contributed by atoms with Gasteiger partial charge in [-0.3, -0.25) is 0 Å². The largest absolute Gasteiger partial charge is 0.465 e. The Labute approximate surface area is 132 Å². The number of rotatable bonds is 4. The van der Waals surface area contributed by atoms with Crippen LogP contribution in [0.3, 0.4) is 0 Å². The van der Waals surface area contributed by atoms with Gasteiger partial charge in [0.1, 0.15) is 0 Å². The summed E-state index contributed by atoms with van der Waals surface area (Å²) in [7, 11) is 1.20. The number of carbonyl (C=O) groups is 1. The second-order valence-corrected chi connectivity index (χ2v) is 6.35. The minimum atomic E-state index is -0.729. The van der Waals surface area contributed by atoms with Crippen LogP contribution in [0.5, 0.6) is 0 Å². The summed E-state index contributed by atoms with van der Waals surface area (Å²) in [6.07, 6.45) is 1.61. The van der Waals surface area contributed by atoms with Crippen LogP contribution in [0.25, 0.3) is 0 Å². The quantitative estimate of drug-likeness (QED) is 0.813.